The van der Waals surface area contributed by atoms with Gasteiger partial charge in [0.1, 0.15) is 10.8 Å². The third kappa shape index (κ3) is 1.92. The Balaban J connectivity index is 2.55. The first kappa shape index (κ1) is 9.96. The largest absolute Gasteiger partial charge is 0.383 e. The molecule has 0 aliphatic heterocycles. The summed E-state index contributed by atoms with van der Waals surface area (Å²) in [4.78, 5) is 4.17. The van der Waals surface area contributed by atoms with Crippen molar-refractivity contribution >= 4 is 44.7 Å². The molecule has 0 radical (unpaired) electrons. The van der Waals surface area contributed by atoms with Gasteiger partial charge in [0.2, 0.25) is 0 Å². The molecular weight excluding hydrogens is 284 g/mol. The van der Waals surface area contributed by atoms with Crippen LogP contribution in [0.2, 0.25) is 5.02 Å². The number of hydrogen-bond donors (Lipinski definition) is 1. The van der Waals surface area contributed by atoms with Crippen molar-refractivity contribution in [2.75, 3.05) is 5.73 Å². The molecule has 2 aromatic rings. The van der Waals surface area contributed by atoms with Crippen LogP contribution in [-0.2, 0) is 0 Å². The van der Waals surface area contributed by atoms with Crippen LogP contribution in [0.25, 0.3) is 10.6 Å². The number of nitrogens with zero attached hydrogens (tertiary/aromatic N) is 1. The Morgan fingerprint density at radius 2 is 2.21 bits per heavy atom. The number of benzene rings is 1. The van der Waals surface area contributed by atoms with Crippen molar-refractivity contribution in [3.8, 4) is 10.6 Å². The first-order valence-corrected chi connectivity index (χ1v) is 5.88. The molecule has 0 unspecified atom stereocenters. The normalized spacial score (nSPS) is 10.4. The number of anilines is 1. The maximum atomic E-state index is 6.05. The molecule has 14 heavy (non-hydrogen) atoms. The Hall–Kier alpha value is -0.580. The van der Waals surface area contributed by atoms with Crippen molar-refractivity contribution in [1.29, 1.82) is 0 Å². The summed E-state index contributed by atoms with van der Waals surface area (Å²) in [7, 11) is 0. The standard InChI is InChI=1S/C9H6BrClN2S/c10-5-1-2-7(11)6(3-5)9-13-8(12)4-14-9/h1-4H,12H2. The second-order valence-electron chi connectivity index (χ2n) is 2.70. The zero-order chi connectivity index (χ0) is 10.1. The molecule has 0 saturated carbocycles. The highest BCUT2D eigenvalue weighted by molar-refractivity contribution is 9.10. The maximum absolute atomic E-state index is 6.05. The lowest BCUT2D eigenvalue weighted by Gasteiger charge is -2.00. The SMILES string of the molecule is Nc1csc(-c2cc(Br)ccc2Cl)n1. The van der Waals surface area contributed by atoms with Crippen molar-refractivity contribution in [3.63, 3.8) is 0 Å². The molecule has 2 rings (SSSR count). The van der Waals surface area contributed by atoms with Crippen LogP contribution in [0, 0.1) is 0 Å². The van der Waals surface area contributed by atoms with Crippen LogP contribution < -0.4 is 5.73 Å². The van der Waals surface area contributed by atoms with E-state index in [1.807, 2.05) is 18.2 Å². The summed E-state index contributed by atoms with van der Waals surface area (Å²) >= 11 is 10.9. The van der Waals surface area contributed by atoms with Gasteiger partial charge < -0.3 is 5.73 Å². The van der Waals surface area contributed by atoms with Gasteiger partial charge in [-0.05, 0) is 18.2 Å². The predicted octanol–water partition coefficient (Wildman–Crippen LogP) is 3.81. The van der Waals surface area contributed by atoms with E-state index < -0.39 is 0 Å². The van der Waals surface area contributed by atoms with E-state index in [0.29, 0.717) is 10.8 Å². The molecule has 1 heterocycles. The van der Waals surface area contributed by atoms with E-state index in [2.05, 4.69) is 20.9 Å². The van der Waals surface area contributed by atoms with Gasteiger partial charge in [-0.2, -0.15) is 0 Å². The molecule has 0 aliphatic carbocycles. The number of halogens is 2. The molecule has 0 atom stereocenters. The lowest BCUT2D eigenvalue weighted by molar-refractivity contribution is 1.41. The zero-order valence-electron chi connectivity index (χ0n) is 7.00. The minimum atomic E-state index is 0.529. The van der Waals surface area contributed by atoms with Gasteiger partial charge in [-0.15, -0.1) is 11.3 Å². The number of thiazole rings is 1. The van der Waals surface area contributed by atoms with Crippen LogP contribution in [0.15, 0.2) is 28.1 Å². The quantitative estimate of drug-likeness (QED) is 0.867. The topological polar surface area (TPSA) is 38.9 Å². The van der Waals surface area contributed by atoms with Gasteiger partial charge in [0.25, 0.3) is 0 Å². The summed E-state index contributed by atoms with van der Waals surface area (Å²) < 4.78 is 0.977. The van der Waals surface area contributed by atoms with E-state index >= 15 is 0 Å². The Bertz CT molecular complexity index is 470. The number of nitrogen functional groups attached to an aromatic ring is 1. The monoisotopic (exact) mass is 288 g/mol. The highest BCUT2D eigenvalue weighted by Gasteiger charge is 2.07. The average Bonchev–Trinajstić information content (AvgIpc) is 2.56. The van der Waals surface area contributed by atoms with Gasteiger partial charge in [-0.3, -0.25) is 0 Å². The maximum Gasteiger partial charge on any atom is 0.135 e. The fraction of sp³-hybridized carbons (Fsp3) is 0. The van der Waals surface area contributed by atoms with E-state index in [4.69, 9.17) is 17.3 Å². The first-order valence-electron chi connectivity index (χ1n) is 3.83. The smallest absolute Gasteiger partial charge is 0.135 e. The van der Waals surface area contributed by atoms with Crippen molar-refractivity contribution in [1.82, 2.24) is 4.98 Å². The number of aromatic nitrogens is 1. The Labute approximate surface area is 98.9 Å². The van der Waals surface area contributed by atoms with Crippen LogP contribution >= 0.6 is 38.9 Å². The highest BCUT2D eigenvalue weighted by Crippen LogP contribution is 2.32. The molecule has 1 aromatic heterocycles. The van der Waals surface area contributed by atoms with Crippen molar-refractivity contribution in [2.45, 2.75) is 0 Å². The molecule has 1 aromatic carbocycles. The number of nitrogens with two attached hydrogens (primary N) is 1. The van der Waals surface area contributed by atoms with Crippen LogP contribution in [0.1, 0.15) is 0 Å². The van der Waals surface area contributed by atoms with E-state index in [1.54, 1.807) is 5.38 Å². The van der Waals surface area contributed by atoms with E-state index in [0.717, 1.165) is 15.0 Å². The van der Waals surface area contributed by atoms with E-state index in [-0.39, 0.29) is 0 Å². The molecule has 2 N–H and O–H groups in total. The summed E-state index contributed by atoms with van der Waals surface area (Å²) in [5, 5.41) is 3.32. The molecule has 0 bridgehead atoms. The zero-order valence-corrected chi connectivity index (χ0v) is 10.2. The number of hydrogen-bond acceptors (Lipinski definition) is 3. The summed E-state index contributed by atoms with van der Waals surface area (Å²) in [6, 6.07) is 5.65. The van der Waals surface area contributed by atoms with Crippen LogP contribution in [0.3, 0.4) is 0 Å². The molecule has 72 valence electrons. The third-order valence-electron chi connectivity index (χ3n) is 1.68. The highest BCUT2D eigenvalue weighted by atomic mass is 79.9. The lowest BCUT2D eigenvalue weighted by Crippen LogP contribution is -1.84. The average molecular weight is 290 g/mol. The molecule has 5 heteroatoms. The third-order valence-corrected chi connectivity index (χ3v) is 3.40. The molecule has 2 nitrogen and oxygen atoms in total. The van der Waals surface area contributed by atoms with Crippen molar-refractivity contribution in [2.24, 2.45) is 0 Å². The molecular formula is C9H6BrClN2S. The van der Waals surface area contributed by atoms with Gasteiger partial charge >= 0.3 is 0 Å². The Kier molecular flexibility index (Phi) is 2.76. The van der Waals surface area contributed by atoms with Crippen molar-refractivity contribution < 1.29 is 0 Å². The van der Waals surface area contributed by atoms with Crippen LogP contribution in [-0.4, -0.2) is 4.98 Å². The number of rotatable bonds is 1. The van der Waals surface area contributed by atoms with E-state index in [1.165, 1.54) is 11.3 Å². The van der Waals surface area contributed by atoms with Crippen LogP contribution in [0.5, 0.6) is 0 Å². The van der Waals surface area contributed by atoms with E-state index in [9.17, 15) is 0 Å². The minimum Gasteiger partial charge on any atom is -0.383 e. The summed E-state index contributed by atoms with van der Waals surface area (Å²) in [5.74, 6) is 0.529. The summed E-state index contributed by atoms with van der Waals surface area (Å²) in [6.07, 6.45) is 0. The summed E-state index contributed by atoms with van der Waals surface area (Å²) in [5.41, 5.74) is 6.45. The Morgan fingerprint density at radius 1 is 1.43 bits per heavy atom. The first-order chi connectivity index (χ1) is 6.66. The molecule has 0 aliphatic rings. The fourth-order valence-corrected chi connectivity index (χ4v) is 2.43. The lowest BCUT2D eigenvalue weighted by atomic mass is 10.2. The van der Waals surface area contributed by atoms with Gasteiger partial charge in [-0.25, -0.2) is 4.98 Å². The second-order valence-corrected chi connectivity index (χ2v) is 4.88. The van der Waals surface area contributed by atoms with Crippen LogP contribution in [0.4, 0.5) is 5.82 Å². The molecule has 0 saturated heterocycles. The molecule has 0 amide bonds. The van der Waals surface area contributed by atoms with Gasteiger partial charge in [-0.1, -0.05) is 27.5 Å². The van der Waals surface area contributed by atoms with Gasteiger partial charge in [0.05, 0.1) is 5.02 Å². The Morgan fingerprint density at radius 3 is 2.86 bits per heavy atom. The second kappa shape index (κ2) is 3.88. The summed E-state index contributed by atoms with van der Waals surface area (Å²) in [6.45, 7) is 0. The molecule has 0 spiro atoms. The van der Waals surface area contributed by atoms with Gasteiger partial charge in [0, 0.05) is 15.4 Å². The predicted molar refractivity (Wildman–Crippen MR) is 64.7 cm³/mol. The fourth-order valence-electron chi connectivity index (χ4n) is 1.07. The van der Waals surface area contributed by atoms with Gasteiger partial charge in [0.15, 0.2) is 0 Å². The molecule has 0 fully saturated rings. The van der Waals surface area contributed by atoms with Crippen molar-refractivity contribution in [3.05, 3.63) is 33.1 Å². The minimum absolute atomic E-state index is 0.529.